The van der Waals surface area contributed by atoms with Crippen molar-refractivity contribution in [2.24, 2.45) is 5.73 Å². The Morgan fingerprint density at radius 2 is 1.55 bits per heavy atom. The molecule has 44 heavy (non-hydrogen) atoms. The quantitative estimate of drug-likeness (QED) is 0.230. The Morgan fingerprint density at radius 3 is 2.20 bits per heavy atom. The van der Waals surface area contributed by atoms with Gasteiger partial charge in [0.15, 0.2) is 0 Å². The van der Waals surface area contributed by atoms with Crippen molar-refractivity contribution < 1.29 is 17.6 Å². The van der Waals surface area contributed by atoms with Gasteiger partial charge in [0, 0.05) is 55.7 Å². The topological polar surface area (TPSA) is 103 Å². The van der Waals surface area contributed by atoms with Gasteiger partial charge >= 0.3 is 11.9 Å². The van der Waals surface area contributed by atoms with Crippen LogP contribution in [0.25, 0.3) is 0 Å². The molecule has 0 spiro atoms. The second-order valence-corrected chi connectivity index (χ2v) is 11.0. The zero-order chi connectivity index (χ0) is 31.6. The first-order valence-electron chi connectivity index (χ1n) is 14.2. The number of hydrogen-bond acceptors (Lipinski definition) is 6. The van der Waals surface area contributed by atoms with Gasteiger partial charge in [-0.05, 0) is 42.3 Å². The highest BCUT2D eigenvalue weighted by Crippen LogP contribution is 2.33. The van der Waals surface area contributed by atoms with Gasteiger partial charge in [-0.1, -0.05) is 48.5 Å². The minimum absolute atomic E-state index is 0.158. The van der Waals surface area contributed by atoms with Gasteiger partial charge in [0.2, 0.25) is 0 Å². The van der Waals surface area contributed by atoms with Gasteiger partial charge in [-0.3, -0.25) is 18.8 Å². The standard InChI is InChI=1S/C32H34F4N6O2/c1-21-29(40-15-13-39(14-16-40)18-22-7-5-10-24(37)17-22)30(43)42(20-28(38)23-8-3-2-4-9-23)31(44)41(21)19-25-26(32(34,35)36)11-6-12-27(25)33/h2-12,17,28H,13-16,18-20,37-38H2,1H3/t28-/m1/s1. The summed E-state index contributed by atoms with van der Waals surface area (Å²) in [7, 11) is 0. The molecule has 1 saturated heterocycles. The van der Waals surface area contributed by atoms with Crippen LogP contribution in [0.15, 0.2) is 82.4 Å². The number of nitrogens with zero attached hydrogens (tertiary/aromatic N) is 4. The van der Waals surface area contributed by atoms with E-state index < -0.39 is 47.0 Å². The van der Waals surface area contributed by atoms with E-state index in [-0.39, 0.29) is 17.9 Å². The Balaban J connectivity index is 1.54. The fraction of sp³-hybridized carbons (Fsp3) is 0.312. The van der Waals surface area contributed by atoms with Gasteiger partial charge < -0.3 is 16.4 Å². The van der Waals surface area contributed by atoms with Crippen LogP contribution in [0.5, 0.6) is 0 Å². The third-order valence-corrected chi connectivity index (χ3v) is 8.05. The number of piperazine rings is 1. The Bertz CT molecular complexity index is 1740. The second-order valence-electron chi connectivity index (χ2n) is 11.0. The van der Waals surface area contributed by atoms with Crippen LogP contribution in [-0.2, 0) is 25.8 Å². The summed E-state index contributed by atoms with van der Waals surface area (Å²) in [5.41, 5.74) is 11.7. The summed E-state index contributed by atoms with van der Waals surface area (Å²) in [6.45, 7) is 3.25. The highest BCUT2D eigenvalue weighted by Gasteiger charge is 2.35. The molecule has 4 aromatic rings. The third kappa shape index (κ3) is 6.56. The van der Waals surface area contributed by atoms with E-state index in [0.717, 1.165) is 32.9 Å². The average molecular weight is 611 g/mol. The molecule has 0 unspecified atom stereocenters. The number of anilines is 2. The van der Waals surface area contributed by atoms with E-state index in [0.29, 0.717) is 44.0 Å². The first-order chi connectivity index (χ1) is 20.9. The third-order valence-electron chi connectivity index (χ3n) is 8.05. The van der Waals surface area contributed by atoms with E-state index in [2.05, 4.69) is 4.90 Å². The molecule has 1 atom stereocenters. The van der Waals surface area contributed by atoms with Crippen LogP contribution in [0.3, 0.4) is 0 Å². The monoisotopic (exact) mass is 610 g/mol. The molecule has 0 radical (unpaired) electrons. The zero-order valence-electron chi connectivity index (χ0n) is 24.2. The normalized spacial score (nSPS) is 15.0. The lowest BCUT2D eigenvalue weighted by Crippen LogP contribution is -2.51. The Morgan fingerprint density at radius 1 is 0.864 bits per heavy atom. The van der Waals surface area contributed by atoms with Crippen molar-refractivity contribution in [1.29, 1.82) is 0 Å². The Labute approximate surface area is 251 Å². The van der Waals surface area contributed by atoms with E-state index in [4.69, 9.17) is 11.5 Å². The number of halogens is 4. The molecule has 1 aliphatic rings. The zero-order valence-corrected chi connectivity index (χ0v) is 24.2. The molecular weight excluding hydrogens is 576 g/mol. The summed E-state index contributed by atoms with van der Waals surface area (Å²) in [5.74, 6) is -1.10. The lowest BCUT2D eigenvalue weighted by atomic mass is 10.1. The number of benzene rings is 3. The van der Waals surface area contributed by atoms with Crippen LogP contribution in [-0.4, -0.2) is 40.2 Å². The molecule has 5 rings (SSSR count). The van der Waals surface area contributed by atoms with Gasteiger partial charge in [-0.25, -0.2) is 9.18 Å². The molecule has 1 aromatic heterocycles. The van der Waals surface area contributed by atoms with Crippen molar-refractivity contribution >= 4 is 11.4 Å². The predicted octanol–water partition coefficient (Wildman–Crippen LogP) is 4.13. The lowest BCUT2D eigenvalue weighted by Gasteiger charge is -2.37. The largest absolute Gasteiger partial charge is 0.416 e. The van der Waals surface area contributed by atoms with E-state index in [1.807, 2.05) is 29.2 Å². The predicted molar refractivity (Wildman–Crippen MR) is 162 cm³/mol. The van der Waals surface area contributed by atoms with Crippen LogP contribution in [0.1, 0.15) is 34.0 Å². The van der Waals surface area contributed by atoms with Gasteiger partial charge in [0.05, 0.1) is 18.7 Å². The second kappa shape index (κ2) is 12.7. The molecule has 0 amide bonds. The number of aromatic nitrogens is 2. The summed E-state index contributed by atoms with van der Waals surface area (Å²) in [5, 5.41) is 0. The van der Waals surface area contributed by atoms with Crippen molar-refractivity contribution in [1.82, 2.24) is 14.0 Å². The molecular formula is C32H34F4N6O2. The maximum atomic E-state index is 14.9. The number of rotatable bonds is 8. The molecule has 3 aromatic carbocycles. The number of nitrogen functional groups attached to an aromatic ring is 1. The fourth-order valence-corrected chi connectivity index (χ4v) is 5.72. The van der Waals surface area contributed by atoms with Gasteiger partial charge in [0.1, 0.15) is 11.5 Å². The SMILES string of the molecule is Cc1c(N2CCN(Cc3cccc(N)c3)CC2)c(=O)n(C[C@@H](N)c2ccccc2)c(=O)n1Cc1c(F)cccc1C(F)(F)F. The highest BCUT2D eigenvalue weighted by atomic mass is 19.4. The summed E-state index contributed by atoms with van der Waals surface area (Å²) >= 11 is 0. The Hall–Kier alpha value is -4.42. The minimum atomic E-state index is -4.85. The van der Waals surface area contributed by atoms with Crippen molar-refractivity contribution in [2.45, 2.75) is 38.8 Å². The molecule has 232 valence electrons. The molecule has 4 N–H and O–H groups in total. The van der Waals surface area contributed by atoms with Crippen molar-refractivity contribution in [3.63, 3.8) is 0 Å². The fourth-order valence-electron chi connectivity index (χ4n) is 5.72. The van der Waals surface area contributed by atoms with Crippen molar-refractivity contribution in [2.75, 3.05) is 36.8 Å². The van der Waals surface area contributed by atoms with E-state index >= 15 is 0 Å². The first kappa shape index (κ1) is 31.0. The summed E-state index contributed by atoms with van der Waals surface area (Å²) in [6.07, 6.45) is -4.85. The van der Waals surface area contributed by atoms with E-state index in [9.17, 15) is 27.2 Å². The van der Waals surface area contributed by atoms with Crippen molar-refractivity contribution in [3.8, 4) is 0 Å². The maximum Gasteiger partial charge on any atom is 0.416 e. The Kier molecular flexibility index (Phi) is 8.93. The van der Waals surface area contributed by atoms with E-state index in [1.165, 1.54) is 6.92 Å². The molecule has 0 bridgehead atoms. The van der Waals surface area contributed by atoms with Crippen LogP contribution < -0.4 is 27.6 Å². The first-order valence-corrected chi connectivity index (χ1v) is 14.2. The van der Waals surface area contributed by atoms with Gasteiger partial charge in [-0.15, -0.1) is 0 Å². The van der Waals surface area contributed by atoms with Crippen LogP contribution in [0.4, 0.5) is 28.9 Å². The van der Waals surface area contributed by atoms with Gasteiger partial charge in [-0.2, -0.15) is 13.2 Å². The van der Waals surface area contributed by atoms with E-state index in [1.54, 1.807) is 30.3 Å². The minimum Gasteiger partial charge on any atom is -0.399 e. The van der Waals surface area contributed by atoms with Crippen LogP contribution in [0, 0.1) is 12.7 Å². The molecule has 0 aliphatic carbocycles. The summed E-state index contributed by atoms with van der Waals surface area (Å²) < 4.78 is 58.5. The molecule has 1 fully saturated rings. The van der Waals surface area contributed by atoms with Gasteiger partial charge in [0.25, 0.3) is 5.56 Å². The lowest BCUT2D eigenvalue weighted by molar-refractivity contribution is -0.138. The van der Waals surface area contributed by atoms with Crippen LogP contribution >= 0.6 is 0 Å². The number of hydrogen-bond donors (Lipinski definition) is 2. The number of nitrogens with two attached hydrogens (primary N) is 2. The van der Waals surface area contributed by atoms with Crippen molar-refractivity contribution in [3.05, 3.63) is 127 Å². The molecule has 1 aliphatic heterocycles. The summed E-state index contributed by atoms with van der Waals surface area (Å²) in [6, 6.07) is 18.4. The number of alkyl halides is 3. The molecule has 0 saturated carbocycles. The maximum absolute atomic E-state index is 14.9. The smallest absolute Gasteiger partial charge is 0.399 e. The highest BCUT2D eigenvalue weighted by molar-refractivity contribution is 5.50. The van der Waals surface area contributed by atoms with Crippen LogP contribution in [0.2, 0.25) is 0 Å². The summed E-state index contributed by atoms with van der Waals surface area (Å²) in [4.78, 5) is 31.8. The molecule has 2 heterocycles. The molecule has 8 nitrogen and oxygen atoms in total. The average Bonchev–Trinajstić information content (AvgIpc) is 2.99. The molecule has 12 heteroatoms.